The van der Waals surface area contributed by atoms with Crippen LogP contribution in [0.3, 0.4) is 0 Å². The van der Waals surface area contributed by atoms with Gasteiger partial charge in [0.05, 0.1) is 0 Å². The van der Waals surface area contributed by atoms with Crippen molar-refractivity contribution >= 4 is 15.9 Å². The van der Waals surface area contributed by atoms with Crippen molar-refractivity contribution in [3.8, 4) is 0 Å². The van der Waals surface area contributed by atoms with E-state index in [-0.39, 0.29) is 0 Å². The minimum absolute atomic E-state index is 0.653. The normalized spacial score (nSPS) is 30.9. The van der Waals surface area contributed by atoms with E-state index in [0.29, 0.717) is 5.92 Å². The molecule has 0 bridgehead atoms. The van der Waals surface area contributed by atoms with Crippen molar-refractivity contribution < 1.29 is 0 Å². The van der Waals surface area contributed by atoms with Gasteiger partial charge in [-0.15, -0.1) is 0 Å². The Balaban J connectivity index is 2.37. The number of hydrogen-bond donors (Lipinski definition) is 0. The van der Waals surface area contributed by atoms with Crippen molar-refractivity contribution in [3.05, 3.63) is 34.4 Å². The molecular formula is C7H5Br. The lowest BCUT2D eigenvalue weighted by atomic mass is 10.2. The molecule has 0 radical (unpaired) electrons. The van der Waals surface area contributed by atoms with E-state index in [9.17, 15) is 0 Å². The lowest BCUT2D eigenvalue weighted by Crippen LogP contribution is -1.74. The van der Waals surface area contributed by atoms with Gasteiger partial charge in [-0.25, -0.2) is 0 Å². The van der Waals surface area contributed by atoms with Gasteiger partial charge in [0, 0.05) is 10.4 Å². The summed E-state index contributed by atoms with van der Waals surface area (Å²) in [5.74, 6) is 0.653. The van der Waals surface area contributed by atoms with E-state index in [1.54, 1.807) is 0 Å². The van der Waals surface area contributed by atoms with Crippen molar-refractivity contribution in [3.63, 3.8) is 0 Å². The average molecular weight is 169 g/mol. The van der Waals surface area contributed by atoms with Gasteiger partial charge in [0.1, 0.15) is 0 Å². The van der Waals surface area contributed by atoms with E-state index in [1.165, 1.54) is 10.1 Å². The molecule has 40 valence electrons. The third-order valence-electron chi connectivity index (χ3n) is 1.49. The van der Waals surface area contributed by atoms with Crippen LogP contribution in [0.5, 0.6) is 0 Å². The summed E-state index contributed by atoms with van der Waals surface area (Å²) in [5.41, 5.74) is 1.45. The standard InChI is InChI=1S/C7H5Br/c8-7-5-3-1-2-4-6(5)7/h1-5H/t5-/m1/s1. The van der Waals surface area contributed by atoms with Gasteiger partial charge in [-0.2, -0.15) is 0 Å². The molecule has 0 N–H and O–H groups in total. The Morgan fingerprint density at radius 3 is 2.75 bits per heavy atom. The summed E-state index contributed by atoms with van der Waals surface area (Å²) in [6.45, 7) is 0. The van der Waals surface area contributed by atoms with Gasteiger partial charge in [-0.1, -0.05) is 40.2 Å². The zero-order valence-electron chi connectivity index (χ0n) is 4.26. The quantitative estimate of drug-likeness (QED) is 0.522. The van der Waals surface area contributed by atoms with Crippen LogP contribution in [0.2, 0.25) is 0 Å². The Bertz CT molecular complexity index is 208. The highest BCUT2D eigenvalue weighted by Gasteiger charge is 2.30. The number of rotatable bonds is 0. The minimum Gasteiger partial charge on any atom is -0.0721 e. The van der Waals surface area contributed by atoms with Gasteiger partial charge >= 0.3 is 0 Å². The van der Waals surface area contributed by atoms with Gasteiger partial charge < -0.3 is 0 Å². The minimum atomic E-state index is 0.653. The van der Waals surface area contributed by atoms with Gasteiger partial charge in [-0.3, -0.25) is 0 Å². The van der Waals surface area contributed by atoms with E-state index < -0.39 is 0 Å². The number of fused-ring (bicyclic) bond motifs is 1. The van der Waals surface area contributed by atoms with Crippen LogP contribution in [0.25, 0.3) is 0 Å². The first-order valence-electron chi connectivity index (χ1n) is 2.64. The second-order valence-electron chi connectivity index (χ2n) is 2.02. The van der Waals surface area contributed by atoms with Gasteiger partial charge in [0.15, 0.2) is 0 Å². The van der Waals surface area contributed by atoms with Crippen molar-refractivity contribution in [2.24, 2.45) is 5.92 Å². The molecule has 1 heteroatoms. The summed E-state index contributed by atoms with van der Waals surface area (Å²) in [4.78, 5) is 0. The largest absolute Gasteiger partial charge is 0.0721 e. The molecule has 0 unspecified atom stereocenters. The molecule has 0 spiro atoms. The molecule has 0 aromatic rings. The molecular weight excluding hydrogens is 164 g/mol. The highest BCUT2D eigenvalue weighted by molar-refractivity contribution is 9.12. The van der Waals surface area contributed by atoms with Crippen molar-refractivity contribution in [2.45, 2.75) is 0 Å². The average Bonchev–Trinajstić information content (AvgIpc) is 2.46. The second kappa shape index (κ2) is 1.35. The Labute approximate surface area is 56.7 Å². The van der Waals surface area contributed by atoms with Crippen LogP contribution in [-0.4, -0.2) is 0 Å². The first-order chi connectivity index (χ1) is 3.89. The maximum atomic E-state index is 3.45. The Kier molecular flexibility index (Phi) is 0.770. The third-order valence-corrected chi connectivity index (χ3v) is 2.44. The Hall–Kier alpha value is -0.300. The second-order valence-corrected chi connectivity index (χ2v) is 2.88. The molecule has 2 aliphatic carbocycles. The predicted molar refractivity (Wildman–Crippen MR) is 37.7 cm³/mol. The fourth-order valence-corrected chi connectivity index (χ4v) is 1.60. The number of hydrogen-bond acceptors (Lipinski definition) is 0. The SMILES string of the molecule is BrC1=C2C=CC=C[C@@H]12. The molecule has 2 aliphatic rings. The highest BCUT2D eigenvalue weighted by Crippen LogP contribution is 2.47. The molecule has 1 atom stereocenters. The lowest BCUT2D eigenvalue weighted by molar-refractivity contribution is 1.19. The lowest BCUT2D eigenvalue weighted by Gasteiger charge is -1.88. The summed E-state index contributed by atoms with van der Waals surface area (Å²) >= 11 is 3.45. The maximum absolute atomic E-state index is 3.45. The summed E-state index contributed by atoms with van der Waals surface area (Å²) in [7, 11) is 0. The molecule has 0 aromatic heterocycles. The number of allylic oxidation sites excluding steroid dienone is 6. The van der Waals surface area contributed by atoms with Crippen molar-refractivity contribution in [2.75, 3.05) is 0 Å². The first kappa shape index (κ1) is 4.57. The summed E-state index contributed by atoms with van der Waals surface area (Å²) < 4.78 is 1.36. The molecule has 0 nitrogen and oxygen atoms in total. The van der Waals surface area contributed by atoms with Crippen molar-refractivity contribution in [1.29, 1.82) is 0 Å². The molecule has 0 aromatic carbocycles. The first-order valence-corrected chi connectivity index (χ1v) is 3.43. The summed E-state index contributed by atoms with van der Waals surface area (Å²) in [6.07, 6.45) is 8.50. The van der Waals surface area contributed by atoms with Crippen LogP contribution in [-0.2, 0) is 0 Å². The van der Waals surface area contributed by atoms with Crippen LogP contribution in [0.15, 0.2) is 34.4 Å². The molecule has 2 rings (SSSR count). The zero-order chi connectivity index (χ0) is 5.56. The van der Waals surface area contributed by atoms with Crippen LogP contribution in [0.4, 0.5) is 0 Å². The van der Waals surface area contributed by atoms with Crippen LogP contribution < -0.4 is 0 Å². The third kappa shape index (κ3) is 0.451. The van der Waals surface area contributed by atoms with Gasteiger partial charge in [0.2, 0.25) is 0 Å². The zero-order valence-corrected chi connectivity index (χ0v) is 5.85. The van der Waals surface area contributed by atoms with E-state index in [4.69, 9.17) is 0 Å². The van der Waals surface area contributed by atoms with E-state index in [2.05, 4.69) is 40.2 Å². The highest BCUT2D eigenvalue weighted by atomic mass is 79.9. The smallest absolute Gasteiger partial charge is 0.0350 e. The molecule has 0 saturated heterocycles. The number of halogens is 1. The maximum Gasteiger partial charge on any atom is 0.0350 e. The fraction of sp³-hybridized carbons (Fsp3) is 0.143. The predicted octanol–water partition coefficient (Wildman–Crippen LogP) is 2.39. The summed E-state index contributed by atoms with van der Waals surface area (Å²) in [6, 6.07) is 0. The monoisotopic (exact) mass is 168 g/mol. The van der Waals surface area contributed by atoms with Gasteiger partial charge in [0.25, 0.3) is 0 Å². The van der Waals surface area contributed by atoms with Crippen LogP contribution in [0.1, 0.15) is 0 Å². The molecule has 0 fully saturated rings. The fourth-order valence-electron chi connectivity index (χ4n) is 0.934. The summed E-state index contributed by atoms with van der Waals surface area (Å²) in [5, 5.41) is 0. The molecule has 0 saturated carbocycles. The van der Waals surface area contributed by atoms with Crippen LogP contribution in [0, 0.1) is 5.92 Å². The van der Waals surface area contributed by atoms with E-state index >= 15 is 0 Å². The van der Waals surface area contributed by atoms with E-state index in [0.717, 1.165) is 0 Å². The van der Waals surface area contributed by atoms with Crippen LogP contribution >= 0.6 is 15.9 Å². The molecule has 0 heterocycles. The topological polar surface area (TPSA) is 0 Å². The van der Waals surface area contributed by atoms with E-state index in [1.807, 2.05) is 0 Å². The van der Waals surface area contributed by atoms with Gasteiger partial charge in [-0.05, 0) is 5.57 Å². The Morgan fingerprint density at radius 2 is 2.25 bits per heavy atom. The molecule has 8 heavy (non-hydrogen) atoms. The van der Waals surface area contributed by atoms with Crippen molar-refractivity contribution in [1.82, 2.24) is 0 Å². The molecule has 0 aliphatic heterocycles. The molecule has 0 amide bonds. The Morgan fingerprint density at radius 1 is 1.38 bits per heavy atom.